The highest BCUT2D eigenvalue weighted by Crippen LogP contribution is 2.19. The van der Waals surface area contributed by atoms with Crippen LogP contribution in [0.25, 0.3) is 0 Å². The highest BCUT2D eigenvalue weighted by atomic mass is 16.5. The smallest absolute Gasteiger partial charge is 0.307 e. The van der Waals surface area contributed by atoms with Crippen LogP contribution in [0.3, 0.4) is 0 Å². The molecule has 0 bridgehead atoms. The first-order valence-corrected chi connectivity index (χ1v) is 5.67. The van der Waals surface area contributed by atoms with Gasteiger partial charge in [0.25, 0.3) is 0 Å². The highest BCUT2D eigenvalue weighted by Gasteiger charge is 2.21. The van der Waals surface area contributed by atoms with E-state index in [0.29, 0.717) is 6.42 Å². The Labute approximate surface area is 102 Å². The predicted octanol–water partition coefficient (Wildman–Crippen LogP) is 2.07. The van der Waals surface area contributed by atoms with Gasteiger partial charge in [-0.1, -0.05) is 6.07 Å². The lowest BCUT2D eigenvalue weighted by atomic mass is 10.0. The molecular formula is C13H20N2O2. The summed E-state index contributed by atoms with van der Waals surface area (Å²) in [4.78, 5) is 15.5. The van der Waals surface area contributed by atoms with Crippen LogP contribution in [-0.4, -0.2) is 23.6 Å². The van der Waals surface area contributed by atoms with Crippen LogP contribution in [0.4, 0.5) is 0 Å². The van der Waals surface area contributed by atoms with Crippen LogP contribution >= 0.6 is 0 Å². The SMILES string of the molecule is COC(=O)CC(NC(C)(C)C)c1cccnc1. The van der Waals surface area contributed by atoms with Crippen LogP contribution in [0.1, 0.15) is 38.8 Å². The molecule has 0 aliphatic rings. The van der Waals surface area contributed by atoms with Crippen LogP contribution in [0, 0.1) is 0 Å². The van der Waals surface area contributed by atoms with E-state index in [-0.39, 0.29) is 17.6 Å². The summed E-state index contributed by atoms with van der Waals surface area (Å²) in [5, 5.41) is 3.40. The van der Waals surface area contributed by atoms with Gasteiger partial charge in [0.05, 0.1) is 13.5 Å². The third-order valence-electron chi connectivity index (χ3n) is 2.29. The number of pyridine rings is 1. The summed E-state index contributed by atoms with van der Waals surface area (Å²) in [6, 6.07) is 3.75. The zero-order valence-electron chi connectivity index (χ0n) is 10.9. The van der Waals surface area contributed by atoms with Crippen molar-refractivity contribution < 1.29 is 9.53 Å². The fraction of sp³-hybridized carbons (Fsp3) is 0.538. The van der Waals surface area contributed by atoms with Crippen LogP contribution in [0.5, 0.6) is 0 Å². The Balaban J connectivity index is 2.83. The summed E-state index contributed by atoms with van der Waals surface area (Å²) in [6.07, 6.45) is 3.79. The van der Waals surface area contributed by atoms with Crippen molar-refractivity contribution in [3.63, 3.8) is 0 Å². The highest BCUT2D eigenvalue weighted by molar-refractivity contribution is 5.70. The van der Waals surface area contributed by atoms with Gasteiger partial charge >= 0.3 is 5.97 Å². The van der Waals surface area contributed by atoms with Crippen molar-refractivity contribution in [3.8, 4) is 0 Å². The Morgan fingerprint density at radius 3 is 2.71 bits per heavy atom. The van der Waals surface area contributed by atoms with Gasteiger partial charge in [0.15, 0.2) is 0 Å². The molecule has 0 saturated heterocycles. The third-order valence-corrected chi connectivity index (χ3v) is 2.29. The fourth-order valence-electron chi connectivity index (χ4n) is 1.61. The maximum Gasteiger partial charge on any atom is 0.307 e. The normalized spacial score (nSPS) is 13.2. The van der Waals surface area contributed by atoms with E-state index in [1.807, 2.05) is 12.1 Å². The minimum Gasteiger partial charge on any atom is -0.469 e. The summed E-state index contributed by atoms with van der Waals surface area (Å²) in [6.45, 7) is 6.19. The average molecular weight is 236 g/mol. The molecule has 0 radical (unpaired) electrons. The first-order valence-electron chi connectivity index (χ1n) is 5.67. The molecule has 0 amide bonds. The van der Waals surface area contributed by atoms with Gasteiger partial charge < -0.3 is 10.1 Å². The summed E-state index contributed by atoms with van der Waals surface area (Å²) in [7, 11) is 1.40. The number of esters is 1. The standard InChI is InChI=1S/C13H20N2O2/c1-13(2,3)15-11(8-12(16)17-4)10-6-5-7-14-9-10/h5-7,9,11,15H,8H2,1-4H3. The van der Waals surface area contributed by atoms with Crippen LogP contribution in [0.15, 0.2) is 24.5 Å². The van der Waals surface area contributed by atoms with Crippen molar-refractivity contribution in [1.29, 1.82) is 0 Å². The van der Waals surface area contributed by atoms with Gasteiger partial charge in [-0.05, 0) is 32.4 Å². The number of methoxy groups -OCH3 is 1. The zero-order valence-corrected chi connectivity index (χ0v) is 10.9. The third kappa shape index (κ3) is 4.95. The molecule has 0 aliphatic carbocycles. The molecule has 1 aromatic heterocycles. The molecule has 1 heterocycles. The summed E-state index contributed by atoms with van der Waals surface area (Å²) >= 11 is 0. The molecule has 1 unspecified atom stereocenters. The van der Waals surface area contributed by atoms with E-state index >= 15 is 0 Å². The van der Waals surface area contributed by atoms with Crippen molar-refractivity contribution in [2.24, 2.45) is 0 Å². The Morgan fingerprint density at radius 2 is 2.24 bits per heavy atom. The Bertz CT molecular complexity index is 357. The Kier molecular flexibility index (Phi) is 4.63. The predicted molar refractivity (Wildman–Crippen MR) is 66.5 cm³/mol. The van der Waals surface area contributed by atoms with Gasteiger partial charge in [-0.3, -0.25) is 9.78 Å². The molecule has 4 heteroatoms. The van der Waals surface area contributed by atoms with Gasteiger partial charge in [-0.2, -0.15) is 0 Å². The topological polar surface area (TPSA) is 51.2 Å². The minimum atomic E-state index is -0.226. The van der Waals surface area contributed by atoms with Crippen molar-refractivity contribution in [1.82, 2.24) is 10.3 Å². The number of nitrogens with one attached hydrogen (secondary N) is 1. The van der Waals surface area contributed by atoms with E-state index in [0.717, 1.165) is 5.56 Å². The molecule has 0 saturated carbocycles. The number of aromatic nitrogens is 1. The maximum atomic E-state index is 11.4. The van der Waals surface area contributed by atoms with Crippen molar-refractivity contribution in [2.45, 2.75) is 38.8 Å². The summed E-state index contributed by atoms with van der Waals surface area (Å²) in [5.41, 5.74) is 0.918. The minimum absolute atomic E-state index is 0.0730. The van der Waals surface area contributed by atoms with Gasteiger partial charge in [0, 0.05) is 24.0 Å². The second-order valence-electron chi connectivity index (χ2n) is 5.01. The molecule has 1 N–H and O–H groups in total. The number of carbonyl (C=O) groups is 1. The number of hydrogen-bond donors (Lipinski definition) is 1. The number of rotatable bonds is 4. The number of ether oxygens (including phenoxy) is 1. The van der Waals surface area contributed by atoms with E-state index in [9.17, 15) is 4.79 Å². The molecule has 17 heavy (non-hydrogen) atoms. The second-order valence-corrected chi connectivity index (χ2v) is 5.01. The monoisotopic (exact) mass is 236 g/mol. The van der Waals surface area contributed by atoms with E-state index in [4.69, 9.17) is 4.74 Å². The fourth-order valence-corrected chi connectivity index (χ4v) is 1.61. The van der Waals surface area contributed by atoms with E-state index in [2.05, 4.69) is 31.1 Å². The Hall–Kier alpha value is -1.42. The first kappa shape index (κ1) is 13.6. The van der Waals surface area contributed by atoms with Gasteiger partial charge in [0.2, 0.25) is 0 Å². The molecule has 0 aromatic carbocycles. The Morgan fingerprint density at radius 1 is 1.53 bits per heavy atom. The van der Waals surface area contributed by atoms with Gasteiger partial charge in [-0.15, -0.1) is 0 Å². The molecule has 0 fully saturated rings. The van der Waals surface area contributed by atoms with Gasteiger partial charge in [-0.25, -0.2) is 0 Å². The van der Waals surface area contributed by atoms with Crippen LogP contribution < -0.4 is 5.32 Å². The maximum absolute atomic E-state index is 11.4. The molecule has 1 rings (SSSR count). The lowest BCUT2D eigenvalue weighted by Gasteiger charge is -2.28. The largest absolute Gasteiger partial charge is 0.469 e. The lowest BCUT2D eigenvalue weighted by molar-refractivity contribution is -0.141. The molecule has 1 atom stereocenters. The second kappa shape index (κ2) is 5.77. The van der Waals surface area contributed by atoms with E-state index < -0.39 is 0 Å². The van der Waals surface area contributed by atoms with Crippen molar-refractivity contribution >= 4 is 5.97 Å². The zero-order chi connectivity index (χ0) is 12.9. The van der Waals surface area contributed by atoms with Crippen molar-refractivity contribution in [3.05, 3.63) is 30.1 Å². The van der Waals surface area contributed by atoms with Crippen LogP contribution in [-0.2, 0) is 9.53 Å². The molecular weight excluding hydrogens is 216 g/mol. The molecule has 1 aromatic rings. The quantitative estimate of drug-likeness (QED) is 0.813. The first-order chi connectivity index (χ1) is 7.92. The summed E-state index contributed by atoms with van der Waals surface area (Å²) < 4.78 is 4.72. The summed E-state index contributed by atoms with van der Waals surface area (Å²) in [5.74, 6) is -0.226. The lowest BCUT2D eigenvalue weighted by Crippen LogP contribution is -2.39. The molecule has 4 nitrogen and oxygen atoms in total. The molecule has 0 spiro atoms. The number of carbonyl (C=O) groups excluding carboxylic acids is 1. The van der Waals surface area contributed by atoms with E-state index in [1.165, 1.54) is 7.11 Å². The van der Waals surface area contributed by atoms with Crippen LogP contribution in [0.2, 0.25) is 0 Å². The molecule has 94 valence electrons. The average Bonchev–Trinajstić information content (AvgIpc) is 2.27. The number of nitrogens with zero attached hydrogens (tertiary/aromatic N) is 1. The van der Waals surface area contributed by atoms with Gasteiger partial charge in [0.1, 0.15) is 0 Å². The molecule has 0 aliphatic heterocycles. The number of hydrogen-bond acceptors (Lipinski definition) is 4. The van der Waals surface area contributed by atoms with Crippen molar-refractivity contribution in [2.75, 3.05) is 7.11 Å². The van der Waals surface area contributed by atoms with E-state index in [1.54, 1.807) is 12.4 Å².